The molecule has 0 spiro atoms. The maximum atomic E-state index is 5.89. The van der Waals surface area contributed by atoms with Crippen LogP contribution in [0.3, 0.4) is 0 Å². The molecule has 0 aromatic heterocycles. The van der Waals surface area contributed by atoms with Crippen molar-refractivity contribution in [2.75, 3.05) is 32.9 Å². The second kappa shape index (κ2) is 5.69. The van der Waals surface area contributed by atoms with Crippen LogP contribution in [0, 0.1) is 0 Å². The molecule has 5 heteroatoms. The minimum Gasteiger partial charge on any atom is -0.486 e. The Morgan fingerprint density at radius 3 is 2.89 bits per heavy atom. The fourth-order valence-electron chi connectivity index (χ4n) is 2.68. The predicted molar refractivity (Wildman–Crippen MR) is 76.1 cm³/mol. The van der Waals surface area contributed by atoms with E-state index in [-0.39, 0.29) is 6.10 Å². The molecule has 4 nitrogen and oxygen atoms in total. The zero-order chi connectivity index (χ0) is 13.2. The van der Waals surface area contributed by atoms with Crippen molar-refractivity contribution in [1.29, 1.82) is 0 Å². The molecular formula is C14H18BrNO3. The van der Waals surface area contributed by atoms with Crippen LogP contribution in [0.5, 0.6) is 11.5 Å². The predicted octanol–water partition coefficient (Wildman–Crippen LogP) is 2.44. The maximum Gasteiger partial charge on any atom is 0.164 e. The molecule has 2 aliphatic heterocycles. The van der Waals surface area contributed by atoms with Crippen molar-refractivity contribution in [3.8, 4) is 11.5 Å². The van der Waals surface area contributed by atoms with Crippen molar-refractivity contribution in [3.05, 3.63) is 21.7 Å². The summed E-state index contributed by atoms with van der Waals surface area (Å²) in [6.07, 6.45) is 0.981. The van der Waals surface area contributed by atoms with Crippen LogP contribution in [0.4, 0.5) is 0 Å². The second-order valence-corrected chi connectivity index (χ2v) is 5.55. The lowest BCUT2D eigenvalue weighted by atomic mass is 9.97. The normalized spacial score (nSPS) is 22.3. The van der Waals surface area contributed by atoms with Crippen molar-refractivity contribution in [1.82, 2.24) is 5.32 Å². The van der Waals surface area contributed by atoms with Crippen LogP contribution in [0.15, 0.2) is 10.5 Å². The molecule has 1 N–H and O–H groups in total. The number of ether oxygens (including phenoxy) is 3. The number of benzene rings is 1. The quantitative estimate of drug-likeness (QED) is 0.905. The highest BCUT2D eigenvalue weighted by Crippen LogP contribution is 2.43. The fraction of sp³-hybridized carbons (Fsp3) is 0.571. The summed E-state index contributed by atoms with van der Waals surface area (Å²) in [7, 11) is 0. The summed E-state index contributed by atoms with van der Waals surface area (Å²) < 4.78 is 18.4. The topological polar surface area (TPSA) is 39.7 Å². The van der Waals surface area contributed by atoms with Gasteiger partial charge in [0.2, 0.25) is 0 Å². The van der Waals surface area contributed by atoms with Gasteiger partial charge >= 0.3 is 0 Å². The third kappa shape index (κ3) is 2.47. The Balaban J connectivity index is 2.06. The van der Waals surface area contributed by atoms with E-state index >= 15 is 0 Å². The number of morpholine rings is 1. The molecule has 1 unspecified atom stereocenters. The van der Waals surface area contributed by atoms with Gasteiger partial charge in [-0.05, 0) is 12.5 Å². The molecule has 1 aromatic carbocycles. The summed E-state index contributed by atoms with van der Waals surface area (Å²) >= 11 is 3.66. The highest BCUT2D eigenvalue weighted by Gasteiger charge is 2.27. The lowest BCUT2D eigenvalue weighted by Crippen LogP contribution is -2.34. The van der Waals surface area contributed by atoms with Crippen LogP contribution in [0.2, 0.25) is 0 Å². The summed E-state index contributed by atoms with van der Waals surface area (Å²) in [5.41, 5.74) is 2.39. The molecule has 1 aromatic rings. The molecule has 0 radical (unpaired) electrons. The first-order valence-electron chi connectivity index (χ1n) is 6.74. The Morgan fingerprint density at radius 2 is 2.16 bits per heavy atom. The Kier molecular flexibility index (Phi) is 3.96. The summed E-state index contributed by atoms with van der Waals surface area (Å²) in [5.74, 6) is 1.73. The van der Waals surface area contributed by atoms with E-state index in [1.54, 1.807) is 0 Å². The van der Waals surface area contributed by atoms with Gasteiger partial charge in [0.1, 0.15) is 13.2 Å². The van der Waals surface area contributed by atoms with Crippen LogP contribution < -0.4 is 14.8 Å². The Morgan fingerprint density at radius 1 is 1.32 bits per heavy atom. The van der Waals surface area contributed by atoms with E-state index in [4.69, 9.17) is 14.2 Å². The molecular weight excluding hydrogens is 310 g/mol. The zero-order valence-electron chi connectivity index (χ0n) is 11.0. The molecule has 0 saturated carbocycles. The molecule has 104 valence electrons. The second-order valence-electron chi connectivity index (χ2n) is 4.69. The molecule has 3 rings (SSSR count). The van der Waals surface area contributed by atoms with Gasteiger partial charge in [0.15, 0.2) is 11.5 Å². The van der Waals surface area contributed by atoms with E-state index in [1.165, 1.54) is 11.1 Å². The number of nitrogens with one attached hydrogen (secondary N) is 1. The van der Waals surface area contributed by atoms with E-state index in [1.807, 2.05) is 6.07 Å². The highest BCUT2D eigenvalue weighted by atomic mass is 79.9. The van der Waals surface area contributed by atoms with Gasteiger partial charge in [-0.3, -0.25) is 0 Å². The lowest BCUT2D eigenvalue weighted by Gasteiger charge is -2.29. The molecule has 19 heavy (non-hydrogen) atoms. The Labute approximate surface area is 121 Å². The van der Waals surface area contributed by atoms with Crippen molar-refractivity contribution < 1.29 is 14.2 Å². The number of rotatable bonds is 2. The minimum atomic E-state index is 0.0777. The molecule has 2 aliphatic rings. The van der Waals surface area contributed by atoms with Crippen LogP contribution in [-0.4, -0.2) is 32.9 Å². The van der Waals surface area contributed by atoms with E-state index < -0.39 is 0 Å². The first-order valence-corrected chi connectivity index (χ1v) is 7.53. The molecule has 0 bridgehead atoms. The lowest BCUT2D eigenvalue weighted by molar-refractivity contribution is 0.0263. The van der Waals surface area contributed by atoms with E-state index in [2.05, 4.69) is 28.2 Å². The number of fused-ring (bicyclic) bond motifs is 1. The Hall–Kier alpha value is -0.780. The van der Waals surface area contributed by atoms with Crippen molar-refractivity contribution in [2.45, 2.75) is 19.4 Å². The average Bonchev–Trinajstić information content (AvgIpc) is 2.46. The maximum absolute atomic E-state index is 5.89. The van der Waals surface area contributed by atoms with Gasteiger partial charge in [0, 0.05) is 28.7 Å². The first-order chi connectivity index (χ1) is 9.31. The van der Waals surface area contributed by atoms with Crippen LogP contribution in [0.1, 0.15) is 24.2 Å². The third-order valence-electron chi connectivity index (χ3n) is 3.53. The molecule has 1 saturated heterocycles. The standard InChI is InChI=1S/C14H18BrNO3/c1-2-9-13(12-8-16-3-4-17-12)10(15)7-11-14(9)19-6-5-18-11/h7,12,16H,2-6,8H2,1H3. The van der Waals surface area contributed by atoms with Crippen molar-refractivity contribution in [3.63, 3.8) is 0 Å². The van der Waals surface area contributed by atoms with Crippen molar-refractivity contribution >= 4 is 15.9 Å². The van der Waals surface area contributed by atoms with Gasteiger partial charge in [-0.1, -0.05) is 22.9 Å². The molecule has 1 atom stereocenters. The highest BCUT2D eigenvalue weighted by molar-refractivity contribution is 9.10. The van der Waals surface area contributed by atoms with Gasteiger partial charge in [-0.2, -0.15) is 0 Å². The van der Waals surface area contributed by atoms with Gasteiger partial charge < -0.3 is 19.5 Å². The van der Waals surface area contributed by atoms with Crippen LogP contribution in [0.25, 0.3) is 0 Å². The van der Waals surface area contributed by atoms with Gasteiger partial charge in [-0.15, -0.1) is 0 Å². The van der Waals surface area contributed by atoms with E-state index in [9.17, 15) is 0 Å². The monoisotopic (exact) mass is 327 g/mol. The smallest absolute Gasteiger partial charge is 0.164 e. The van der Waals surface area contributed by atoms with Crippen LogP contribution >= 0.6 is 15.9 Å². The number of hydrogen-bond acceptors (Lipinski definition) is 4. The minimum absolute atomic E-state index is 0.0777. The summed E-state index contributed by atoms with van der Waals surface area (Å²) in [6, 6.07) is 2.00. The summed E-state index contributed by atoms with van der Waals surface area (Å²) in [4.78, 5) is 0. The van der Waals surface area contributed by atoms with Gasteiger partial charge in [-0.25, -0.2) is 0 Å². The molecule has 1 fully saturated rings. The largest absolute Gasteiger partial charge is 0.486 e. The SMILES string of the molecule is CCc1c2c(cc(Br)c1C1CNCCO1)OCCO2. The summed E-state index contributed by atoms with van der Waals surface area (Å²) in [5, 5.41) is 3.37. The Bertz CT molecular complexity index is 472. The molecule has 2 heterocycles. The number of hydrogen-bond donors (Lipinski definition) is 1. The zero-order valence-corrected chi connectivity index (χ0v) is 12.6. The summed E-state index contributed by atoms with van der Waals surface area (Å²) in [6.45, 7) is 5.87. The van der Waals surface area contributed by atoms with Gasteiger partial charge in [0.25, 0.3) is 0 Å². The molecule has 0 aliphatic carbocycles. The number of halogens is 1. The third-order valence-corrected chi connectivity index (χ3v) is 4.18. The average molecular weight is 328 g/mol. The van der Waals surface area contributed by atoms with E-state index in [0.29, 0.717) is 13.2 Å². The fourth-order valence-corrected chi connectivity index (χ4v) is 3.39. The van der Waals surface area contributed by atoms with Crippen LogP contribution in [-0.2, 0) is 11.2 Å². The first kappa shape index (κ1) is 13.2. The molecule has 0 amide bonds. The van der Waals surface area contributed by atoms with Gasteiger partial charge in [0.05, 0.1) is 12.7 Å². The van der Waals surface area contributed by atoms with E-state index in [0.717, 1.165) is 42.1 Å². The van der Waals surface area contributed by atoms with Crippen molar-refractivity contribution in [2.24, 2.45) is 0 Å².